The molecule has 0 bridgehead atoms. The zero-order valence-corrected chi connectivity index (χ0v) is 15.2. The van der Waals surface area contributed by atoms with E-state index >= 15 is 0 Å². The summed E-state index contributed by atoms with van der Waals surface area (Å²) in [5, 5.41) is 0. The highest BCUT2D eigenvalue weighted by molar-refractivity contribution is 6.35. The van der Waals surface area contributed by atoms with E-state index in [9.17, 15) is 0 Å². The third-order valence-electron chi connectivity index (χ3n) is 2.71. The Morgan fingerprint density at radius 2 is 1.08 bits per heavy atom. The molecule has 0 nitrogen and oxygen atoms in total. The van der Waals surface area contributed by atoms with Gasteiger partial charge in [-0.15, -0.1) is 0 Å². The Morgan fingerprint density at radius 1 is 0.615 bits per heavy atom. The highest BCUT2D eigenvalue weighted by atomic mass is 28.2. The molecule has 0 N–H and O–H groups in total. The second-order valence-electron chi connectivity index (χ2n) is 4.18. The molecular weight excluding hydrogens is 204 g/mol. The van der Waals surface area contributed by atoms with Crippen molar-refractivity contribution >= 4 is 30.0 Å². The van der Waals surface area contributed by atoms with Crippen molar-refractivity contribution in [3.8, 4) is 0 Å². The summed E-state index contributed by atoms with van der Waals surface area (Å²) < 4.78 is 0. The summed E-state index contributed by atoms with van der Waals surface area (Å²) in [5.41, 5.74) is 0. The molecule has 0 aliphatic carbocycles. The average Bonchev–Trinajstić information content (AvgIpc) is 2.16. The van der Waals surface area contributed by atoms with Gasteiger partial charge in [-0.25, -0.2) is 0 Å². The van der Waals surface area contributed by atoms with Crippen molar-refractivity contribution in [2.24, 2.45) is 0 Å². The molecule has 0 aromatic heterocycles. The fourth-order valence-corrected chi connectivity index (χ4v) is 4.51. The van der Waals surface area contributed by atoms with E-state index in [4.69, 9.17) is 0 Å². The summed E-state index contributed by atoms with van der Waals surface area (Å²) in [6, 6.07) is 6.34. The first-order chi connectivity index (χ1) is 6.41. The third kappa shape index (κ3) is 12.7. The first-order valence-corrected chi connectivity index (χ1v) is 11.2. The Hall–Kier alpha value is 0.651. The van der Waals surface area contributed by atoms with Crippen molar-refractivity contribution in [3.05, 3.63) is 0 Å². The van der Waals surface area contributed by atoms with Gasteiger partial charge in [-0.3, -0.25) is 0 Å². The maximum Gasteiger partial charge on any atom is 0.0197 e. The number of hydrogen-bond donors (Lipinski definition) is 0. The van der Waals surface area contributed by atoms with Crippen LogP contribution in [0.15, 0.2) is 0 Å². The van der Waals surface area contributed by atoms with Crippen molar-refractivity contribution < 1.29 is 0 Å². The van der Waals surface area contributed by atoms with Crippen molar-refractivity contribution in [2.75, 3.05) is 0 Å². The maximum absolute atomic E-state index is 1.64. The van der Waals surface area contributed by atoms with Gasteiger partial charge in [-0.1, -0.05) is 62.7 Å². The molecule has 0 saturated heterocycles. The molecule has 13 heavy (non-hydrogen) atoms. The van der Waals surface area contributed by atoms with Crippen molar-refractivity contribution in [2.45, 2.75) is 62.7 Å². The van der Waals surface area contributed by atoms with Crippen LogP contribution in [0, 0.1) is 0 Å². The molecule has 0 rings (SSSR count). The van der Waals surface area contributed by atoms with Gasteiger partial charge in [0.05, 0.1) is 0 Å². The molecule has 0 amide bonds. The molecule has 0 spiro atoms. The molecule has 0 aliphatic rings. The molecule has 0 aliphatic heterocycles. The number of unbranched alkanes of at least 4 members (excludes halogenated alkanes) is 4. The maximum atomic E-state index is 1.64. The van der Waals surface area contributed by atoms with Crippen molar-refractivity contribution in [1.82, 2.24) is 0 Å². The second-order valence-corrected chi connectivity index (χ2v) is 8.30. The lowest BCUT2D eigenvalue weighted by molar-refractivity contribution is 0.751. The van der Waals surface area contributed by atoms with Gasteiger partial charge < -0.3 is 0 Å². The summed E-state index contributed by atoms with van der Waals surface area (Å²) in [4.78, 5) is 0. The van der Waals surface area contributed by atoms with E-state index in [1.807, 2.05) is 0 Å². The van der Waals surface area contributed by atoms with Crippen LogP contribution in [0.4, 0.5) is 0 Å². The monoisotopic (exact) mass is 232 g/mol. The van der Waals surface area contributed by atoms with Gasteiger partial charge in [-0.2, -0.15) is 0 Å². The molecule has 0 aromatic rings. The van der Waals surface area contributed by atoms with Crippen LogP contribution in [-0.4, -0.2) is 30.0 Å². The Labute approximate surface area is 92.9 Å². The Bertz CT molecular complexity index is 76.2. The predicted molar refractivity (Wildman–Crippen MR) is 75.4 cm³/mol. The Balaban J connectivity index is 2.76. The zero-order chi connectivity index (χ0) is 9.78. The van der Waals surface area contributed by atoms with E-state index in [1.165, 1.54) is 58.3 Å². The van der Waals surface area contributed by atoms with Gasteiger partial charge in [-0.05, 0) is 0 Å². The van der Waals surface area contributed by atoms with Crippen LogP contribution >= 0.6 is 0 Å². The molecule has 0 fully saturated rings. The highest BCUT2D eigenvalue weighted by Crippen LogP contribution is 2.06. The lowest BCUT2D eigenvalue weighted by atomic mass is 10.3. The van der Waals surface area contributed by atoms with Gasteiger partial charge in [0.1, 0.15) is 0 Å². The minimum absolute atomic E-state index is 0.378. The van der Waals surface area contributed by atoms with E-state index < -0.39 is 0 Å². The van der Waals surface area contributed by atoms with E-state index in [-0.39, 0.29) is 0 Å². The largest absolute Gasteiger partial charge is 0.0658 e. The van der Waals surface area contributed by atoms with E-state index in [1.54, 1.807) is 24.9 Å². The predicted octanol–water partition coefficient (Wildman–Crippen LogP) is 0.900. The van der Waals surface area contributed by atoms with Crippen LogP contribution in [-0.2, 0) is 0 Å². The van der Waals surface area contributed by atoms with Crippen LogP contribution in [0.2, 0.25) is 24.2 Å². The highest BCUT2D eigenvalue weighted by Gasteiger charge is 1.91. The lowest BCUT2D eigenvalue weighted by Gasteiger charge is -2.00. The van der Waals surface area contributed by atoms with Crippen LogP contribution in [0.5, 0.6) is 0 Å². The molecular formula is C10H28Si3. The van der Waals surface area contributed by atoms with Crippen LogP contribution in [0.3, 0.4) is 0 Å². The first kappa shape index (κ1) is 13.7. The number of hydrogen-bond acceptors (Lipinski definition) is 0. The van der Waals surface area contributed by atoms with E-state index in [0.717, 1.165) is 0 Å². The SMILES string of the molecule is [SiH3]CCCCC[SiH2]CCCCC[SiH3]. The summed E-state index contributed by atoms with van der Waals surface area (Å²) in [6.07, 6.45) is 9.26. The molecule has 80 valence electrons. The lowest BCUT2D eigenvalue weighted by Crippen LogP contribution is -1.89. The van der Waals surface area contributed by atoms with E-state index in [2.05, 4.69) is 0 Å². The molecule has 0 aromatic carbocycles. The fourth-order valence-electron chi connectivity index (χ4n) is 1.74. The zero-order valence-electron chi connectivity index (χ0n) is 9.78. The first-order valence-electron chi connectivity index (χ1n) is 6.41. The second kappa shape index (κ2) is 12.7. The van der Waals surface area contributed by atoms with Gasteiger partial charge in [0, 0.05) is 30.0 Å². The van der Waals surface area contributed by atoms with Gasteiger partial charge >= 0.3 is 0 Å². The molecule has 3 heteroatoms. The van der Waals surface area contributed by atoms with Gasteiger partial charge in [0.15, 0.2) is 0 Å². The van der Waals surface area contributed by atoms with Gasteiger partial charge in [0.2, 0.25) is 0 Å². The normalized spacial score (nSPS) is 12.0. The summed E-state index contributed by atoms with van der Waals surface area (Å²) in [5.74, 6) is 0. The third-order valence-corrected chi connectivity index (χ3v) is 6.12. The van der Waals surface area contributed by atoms with Crippen LogP contribution < -0.4 is 0 Å². The fraction of sp³-hybridized carbons (Fsp3) is 1.00. The average molecular weight is 233 g/mol. The van der Waals surface area contributed by atoms with Crippen LogP contribution in [0.1, 0.15) is 38.5 Å². The minimum atomic E-state index is 0.378. The standard InChI is InChI=1S/C10H28Si3/c11-7-3-1-5-9-13-10-6-2-4-8-12/h1-10,13H2,11-12H3. The topological polar surface area (TPSA) is 0 Å². The quantitative estimate of drug-likeness (QED) is 0.388. The van der Waals surface area contributed by atoms with Crippen molar-refractivity contribution in [1.29, 1.82) is 0 Å². The summed E-state index contributed by atoms with van der Waals surface area (Å²) >= 11 is 0. The van der Waals surface area contributed by atoms with Crippen molar-refractivity contribution in [3.63, 3.8) is 0 Å². The Morgan fingerprint density at radius 3 is 1.46 bits per heavy atom. The number of rotatable bonds is 10. The smallest absolute Gasteiger partial charge is 0.0197 e. The van der Waals surface area contributed by atoms with E-state index in [0.29, 0.717) is 9.52 Å². The minimum Gasteiger partial charge on any atom is -0.0658 e. The Kier molecular flexibility index (Phi) is 13.3. The molecule has 0 heterocycles. The summed E-state index contributed by atoms with van der Waals surface area (Å²) in [6.45, 7) is 0. The molecule has 0 saturated carbocycles. The molecule has 0 unspecified atom stereocenters. The van der Waals surface area contributed by atoms with Gasteiger partial charge in [0.25, 0.3) is 0 Å². The molecule has 0 atom stereocenters. The molecule has 0 radical (unpaired) electrons. The van der Waals surface area contributed by atoms with Crippen LogP contribution in [0.25, 0.3) is 0 Å². The summed E-state index contributed by atoms with van der Waals surface area (Å²) in [7, 11) is 3.23.